The van der Waals surface area contributed by atoms with Gasteiger partial charge in [0.15, 0.2) is 0 Å². The molecule has 3 heteroatoms. The molecule has 0 fully saturated rings. The highest BCUT2D eigenvalue weighted by Crippen LogP contribution is 1.72. The molecule has 2 heterocycles. The summed E-state index contributed by atoms with van der Waals surface area (Å²) in [6, 6.07) is 3.89. The molecule has 2 rings (SSSR count). The van der Waals surface area contributed by atoms with Gasteiger partial charge in [0.1, 0.15) is 12.4 Å². The van der Waals surface area contributed by atoms with Gasteiger partial charge in [-0.25, -0.2) is 9.13 Å². The maximum absolute atomic E-state index is 2.86. The van der Waals surface area contributed by atoms with Crippen molar-refractivity contribution in [2.45, 2.75) is 0 Å². The number of nitrogens with one attached hydrogen (secondary N) is 1. The first-order valence-corrected chi connectivity index (χ1v) is 3.84. The second-order valence-corrected chi connectivity index (χ2v) is 2.63. The van der Waals surface area contributed by atoms with Crippen molar-refractivity contribution < 1.29 is 4.57 Å². The maximum atomic E-state index is 2.86. The van der Waals surface area contributed by atoms with Gasteiger partial charge in [0, 0.05) is 12.4 Å². The van der Waals surface area contributed by atoms with Crippen molar-refractivity contribution in [2.75, 3.05) is 0 Å². The lowest BCUT2D eigenvalue weighted by Gasteiger charge is -1.72. The summed E-state index contributed by atoms with van der Waals surface area (Å²) in [5.41, 5.74) is 0. The van der Waals surface area contributed by atoms with E-state index in [0.29, 0.717) is 0 Å². The zero-order valence-corrected chi connectivity index (χ0v) is 7.44. The number of hydrogen-bond acceptors (Lipinski definition) is 0. The van der Waals surface area contributed by atoms with E-state index < -0.39 is 0 Å². The van der Waals surface area contributed by atoms with Gasteiger partial charge in [-0.2, -0.15) is 0 Å². The van der Waals surface area contributed by atoms with Crippen LogP contribution < -0.4 is 4.57 Å². The van der Waals surface area contributed by atoms with Crippen LogP contribution in [0.5, 0.6) is 0 Å². The number of aryl methyl sites for hydroxylation is 2. The van der Waals surface area contributed by atoms with Gasteiger partial charge in [-0.15, -0.1) is 0 Å². The SMILES string of the molecule is Cn1cc[n+](C)c1.c1cc[nH]c1. The smallest absolute Gasteiger partial charge is 0.243 e. The summed E-state index contributed by atoms with van der Waals surface area (Å²) in [4.78, 5) is 2.86. The molecule has 0 atom stereocenters. The zero-order valence-electron chi connectivity index (χ0n) is 7.44. The third-order valence-electron chi connectivity index (χ3n) is 1.40. The average molecular weight is 164 g/mol. The molecule has 12 heavy (non-hydrogen) atoms. The predicted molar refractivity (Wildman–Crippen MR) is 47.4 cm³/mol. The Bertz CT molecular complexity index is 261. The number of nitrogens with zero attached hydrogens (tertiary/aromatic N) is 2. The van der Waals surface area contributed by atoms with E-state index in [2.05, 4.69) is 4.98 Å². The molecule has 3 nitrogen and oxygen atoms in total. The van der Waals surface area contributed by atoms with E-state index in [1.807, 2.05) is 66.5 Å². The zero-order chi connectivity index (χ0) is 8.81. The Balaban J connectivity index is 0.000000127. The normalized spacial score (nSPS) is 8.83. The van der Waals surface area contributed by atoms with Gasteiger partial charge in [-0.3, -0.25) is 0 Å². The molecule has 0 aliphatic carbocycles. The van der Waals surface area contributed by atoms with Crippen LogP contribution in [0.1, 0.15) is 0 Å². The number of imidazole rings is 1. The highest BCUT2D eigenvalue weighted by molar-refractivity contribution is 4.84. The summed E-state index contributed by atoms with van der Waals surface area (Å²) in [6.07, 6.45) is 9.75. The molecular weight excluding hydrogens is 150 g/mol. The van der Waals surface area contributed by atoms with Crippen molar-refractivity contribution >= 4 is 0 Å². The molecule has 0 aliphatic rings. The third-order valence-corrected chi connectivity index (χ3v) is 1.40. The minimum Gasteiger partial charge on any atom is -0.368 e. The lowest BCUT2D eigenvalue weighted by Crippen LogP contribution is -2.23. The third kappa shape index (κ3) is 3.05. The fraction of sp³-hybridized carbons (Fsp3) is 0.222. The van der Waals surface area contributed by atoms with Crippen LogP contribution in [-0.4, -0.2) is 9.55 Å². The molecule has 0 aliphatic heterocycles. The molecule has 0 bridgehead atoms. The number of H-pyrrole nitrogens is 1. The van der Waals surface area contributed by atoms with Gasteiger partial charge >= 0.3 is 0 Å². The highest BCUT2D eigenvalue weighted by Gasteiger charge is 1.87. The quantitative estimate of drug-likeness (QED) is 0.559. The van der Waals surface area contributed by atoms with Gasteiger partial charge in [0.05, 0.1) is 14.1 Å². The van der Waals surface area contributed by atoms with Gasteiger partial charge < -0.3 is 4.98 Å². The lowest BCUT2D eigenvalue weighted by molar-refractivity contribution is -0.670. The summed E-state index contributed by atoms with van der Waals surface area (Å²) in [7, 11) is 4.00. The van der Waals surface area contributed by atoms with Crippen LogP contribution in [0.15, 0.2) is 43.2 Å². The van der Waals surface area contributed by atoms with E-state index in [9.17, 15) is 0 Å². The molecule has 0 aromatic carbocycles. The number of aromatic nitrogens is 3. The summed E-state index contributed by atoms with van der Waals surface area (Å²) in [6.45, 7) is 0. The van der Waals surface area contributed by atoms with Crippen molar-refractivity contribution in [3.8, 4) is 0 Å². The van der Waals surface area contributed by atoms with Crippen LogP contribution >= 0.6 is 0 Å². The maximum Gasteiger partial charge on any atom is 0.243 e. The van der Waals surface area contributed by atoms with Crippen molar-refractivity contribution in [3.05, 3.63) is 43.2 Å². The highest BCUT2D eigenvalue weighted by atomic mass is 15.1. The molecule has 0 saturated carbocycles. The number of hydrogen-bond donors (Lipinski definition) is 1. The first-order chi connectivity index (χ1) is 5.79. The van der Waals surface area contributed by atoms with Gasteiger partial charge in [0.2, 0.25) is 6.33 Å². The summed E-state index contributed by atoms with van der Waals surface area (Å²) >= 11 is 0. The van der Waals surface area contributed by atoms with E-state index in [4.69, 9.17) is 0 Å². The Kier molecular flexibility index (Phi) is 3.14. The minimum atomic E-state index is 1.88. The predicted octanol–water partition coefficient (Wildman–Crippen LogP) is 0.864. The van der Waals surface area contributed by atoms with Crippen LogP contribution in [0, 0.1) is 0 Å². The number of aromatic amines is 1. The van der Waals surface area contributed by atoms with Crippen LogP contribution in [0.4, 0.5) is 0 Å². The Hall–Kier alpha value is -1.51. The molecule has 0 unspecified atom stereocenters. The second-order valence-electron chi connectivity index (χ2n) is 2.63. The van der Waals surface area contributed by atoms with Gasteiger partial charge in [-0.1, -0.05) is 0 Å². The molecule has 0 radical (unpaired) electrons. The Morgan fingerprint density at radius 3 is 2.08 bits per heavy atom. The average Bonchev–Trinajstić information content (AvgIpc) is 2.63. The van der Waals surface area contributed by atoms with E-state index in [0.717, 1.165) is 0 Å². The largest absolute Gasteiger partial charge is 0.368 e. The van der Waals surface area contributed by atoms with Gasteiger partial charge in [-0.05, 0) is 12.1 Å². The fourth-order valence-electron chi connectivity index (χ4n) is 0.852. The van der Waals surface area contributed by atoms with E-state index in [1.54, 1.807) is 0 Å². The topological polar surface area (TPSA) is 24.6 Å². The van der Waals surface area contributed by atoms with Crippen molar-refractivity contribution in [1.82, 2.24) is 9.55 Å². The lowest BCUT2D eigenvalue weighted by atomic mass is 10.7. The molecule has 0 amide bonds. The first-order valence-electron chi connectivity index (χ1n) is 3.84. The number of rotatable bonds is 0. The molecule has 2 aromatic heterocycles. The van der Waals surface area contributed by atoms with Crippen LogP contribution in [0.25, 0.3) is 0 Å². The Morgan fingerprint density at radius 2 is 1.92 bits per heavy atom. The van der Waals surface area contributed by atoms with Crippen molar-refractivity contribution in [3.63, 3.8) is 0 Å². The monoisotopic (exact) mass is 164 g/mol. The Labute approximate surface area is 72.3 Å². The molecule has 2 aromatic rings. The van der Waals surface area contributed by atoms with Crippen molar-refractivity contribution in [2.24, 2.45) is 14.1 Å². The molecular formula is C9H14N3+. The minimum absolute atomic E-state index is 1.88. The van der Waals surface area contributed by atoms with E-state index >= 15 is 0 Å². The van der Waals surface area contributed by atoms with Gasteiger partial charge in [0.25, 0.3) is 0 Å². The Morgan fingerprint density at radius 1 is 1.25 bits per heavy atom. The van der Waals surface area contributed by atoms with E-state index in [-0.39, 0.29) is 0 Å². The molecule has 0 saturated heterocycles. The van der Waals surface area contributed by atoms with Crippen LogP contribution in [0.2, 0.25) is 0 Å². The standard InChI is InChI=1S/C5H9N2.C4H5N/c1-6-3-4-7(2)5-6;1-2-4-5-3-1/h3-5H,1-2H3;1-5H/q+1;. The molecule has 1 N–H and O–H groups in total. The molecule has 0 spiro atoms. The summed E-state index contributed by atoms with van der Waals surface area (Å²) < 4.78 is 4.00. The van der Waals surface area contributed by atoms with Crippen LogP contribution in [0.3, 0.4) is 0 Å². The summed E-state index contributed by atoms with van der Waals surface area (Å²) in [5.74, 6) is 0. The van der Waals surface area contributed by atoms with E-state index in [1.165, 1.54) is 0 Å². The first kappa shape index (κ1) is 8.59. The van der Waals surface area contributed by atoms with Crippen molar-refractivity contribution in [1.29, 1.82) is 0 Å². The van der Waals surface area contributed by atoms with Crippen LogP contribution in [-0.2, 0) is 14.1 Å². The fourth-order valence-corrected chi connectivity index (χ4v) is 0.852. The second kappa shape index (κ2) is 4.38. The molecule has 64 valence electrons. The summed E-state index contributed by atoms with van der Waals surface area (Å²) in [5, 5.41) is 0.